The van der Waals surface area contributed by atoms with Crippen LogP contribution in [-0.2, 0) is 9.53 Å². The van der Waals surface area contributed by atoms with Gasteiger partial charge in [0.1, 0.15) is 18.4 Å². The minimum Gasteiger partial charge on any atom is -0.459 e. The average molecular weight is 311 g/mol. The van der Waals surface area contributed by atoms with E-state index in [2.05, 4.69) is 0 Å². The lowest BCUT2D eigenvalue weighted by Crippen LogP contribution is -2.31. The number of carbonyl (C=O) groups is 1. The van der Waals surface area contributed by atoms with E-state index in [1.165, 1.54) is 6.08 Å². The van der Waals surface area contributed by atoms with Gasteiger partial charge >= 0.3 is 5.97 Å². The molecule has 2 aliphatic rings. The van der Waals surface area contributed by atoms with Crippen LogP contribution in [0.5, 0.6) is 0 Å². The topological polar surface area (TPSA) is 50.1 Å². The molecule has 3 nitrogen and oxygen atoms in total. The fourth-order valence-electron chi connectivity index (χ4n) is 3.29. The van der Waals surface area contributed by atoms with Crippen LogP contribution in [0.3, 0.4) is 0 Å². The van der Waals surface area contributed by atoms with Gasteiger partial charge in [0, 0.05) is 18.4 Å². The van der Waals surface area contributed by atoms with Crippen LogP contribution < -0.4 is 0 Å². The lowest BCUT2D eigenvalue weighted by atomic mass is 9.81. The van der Waals surface area contributed by atoms with E-state index in [9.17, 15) is 13.6 Å². The van der Waals surface area contributed by atoms with Gasteiger partial charge in [0.15, 0.2) is 0 Å². The standard InChI is InChI=1S/C17H23F2NO2/c1-11-2-3-12(15(18)8-11)5-7-17(21)22-14-6-4-13(10-20)16(19)9-14/h5,7,11-16H,2-4,6,8-9H2,1H3. The molecule has 5 heteroatoms. The van der Waals surface area contributed by atoms with Crippen LogP contribution in [0.4, 0.5) is 8.78 Å². The number of esters is 1. The number of halogens is 2. The summed E-state index contributed by atoms with van der Waals surface area (Å²) in [5.74, 6) is -0.976. The second kappa shape index (κ2) is 7.71. The Morgan fingerprint density at radius 2 is 1.95 bits per heavy atom. The van der Waals surface area contributed by atoms with Crippen LogP contribution in [0.2, 0.25) is 0 Å². The molecule has 0 heterocycles. The minimum atomic E-state index is -1.24. The Balaban J connectivity index is 1.78. The molecular weight excluding hydrogens is 288 g/mol. The third-order valence-electron chi connectivity index (χ3n) is 4.74. The number of rotatable bonds is 3. The van der Waals surface area contributed by atoms with Gasteiger partial charge in [-0.2, -0.15) is 5.26 Å². The number of hydrogen-bond acceptors (Lipinski definition) is 3. The molecule has 0 radical (unpaired) electrons. The van der Waals surface area contributed by atoms with Crippen molar-refractivity contribution in [2.45, 2.75) is 63.9 Å². The van der Waals surface area contributed by atoms with Crippen LogP contribution in [-0.4, -0.2) is 24.4 Å². The summed E-state index contributed by atoms with van der Waals surface area (Å²) < 4.78 is 32.7. The van der Waals surface area contributed by atoms with Crippen LogP contribution in [0.1, 0.15) is 45.4 Å². The number of carbonyl (C=O) groups excluding carboxylic acids is 1. The molecule has 2 aliphatic carbocycles. The van der Waals surface area contributed by atoms with E-state index in [0.29, 0.717) is 25.2 Å². The zero-order valence-electron chi connectivity index (χ0n) is 12.9. The lowest BCUT2D eigenvalue weighted by Gasteiger charge is -2.28. The molecule has 122 valence electrons. The zero-order valence-corrected chi connectivity index (χ0v) is 12.9. The summed E-state index contributed by atoms with van der Waals surface area (Å²) in [4.78, 5) is 11.8. The number of nitriles is 1. The maximum Gasteiger partial charge on any atom is 0.330 e. The van der Waals surface area contributed by atoms with Crippen LogP contribution in [0, 0.1) is 29.1 Å². The Morgan fingerprint density at radius 1 is 1.18 bits per heavy atom. The number of hydrogen-bond donors (Lipinski definition) is 0. The van der Waals surface area contributed by atoms with Crippen molar-refractivity contribution in [3.05, 3.63) is 12.2 Å². The second-order valence-corrected chi connectivity index (χ2v) is 6.58. The summed E-state index contributed by atoms with van der Waals surface area (Å²) in [6.07, 6.45) is 3.46. The highest BCUT2D eigenvalue weighted by Crippen LogP contribution is 2.32. The Hall–Kier alpha value is -1.44. The average Bonchev–Trinajstić information content (AvgIpc) is 2.46. The van der Waals surface area contributed by atoms with Crippen molar-refractivity contribution < 1.29 is 18.3 Å². The zero-order chi connectivity index (χ0) is 16.1. The van der Waals surface area contributed by atoms with E-state index in [0.717, 1.165) is 12.8 Å². The maximum absolute atomic E-state index is 13.9. The highest BCUT2D eigenvalue weighted by molar-refractivity contribution is 5.82. The number of alkyl halides is 2. The van der Waals surface area contributed by atoms with Gasteiger partial charge in [-0.1, -0.05) is 13.0 Å². The van der Waals surface area contributed by atoms with Gasteiger partial charge in [0.25, 0.3) is 0 Å². The molecule has 0 saturated heterocycles. The fourth-order valence-corrected chi connectivity index (χ4v) is 3.29. The van der Waals surface area contributed by atoms with Gasteiger partial charge in [-0.15, -0.1) is 0 Å². The van der Waals surface area contributed by atoms with Gasteiger partial charge in [-0.3, -0.25) is 0 Å². The molecule has 0 aliphatic heterocycles. The van der Waals surface area contributed by atoms with Crippen LogP contribution in [0.15, 0.2) is 12.2 Å². The first-order valence-electron chi connectivity index (χ1n) is 8.06. The van der Waals surface area contributed by atoms with Crippen molar-refractivity contribution in [1.82, 2.24) is 0 Å². The summed E-state index contributed by atoms with van der Waals surface area (Å²) in [5.41, 5.74) is 0. The second-order valence-electron chi connectivity index (χ2n) is 6.58. The van der Waals surface area contributed by atoms with Gasteiger partial charge in [0.2, 0.25) is 0 Å². The summed E-state index contributed by atoms with van der Waals surface area (Å²) >= 11 is 0. The smallest absolute Gasteiger partial charge is 0.330 e. The monoisotopic (exact) mass is 311 g/mol. The summed E-state index contributed by atoms with van der Waals surface area (Å²) in [6.45, 7) is 2.03. The van der Waals surface area contributed by atoms with Crippen molar-refractivity contribution in [1.29, 1.82) is 5.26 Å². The molecule has 2 rings (SSSR count). The van der Waals surface area contributed by atoms with Crippen molar-refractivity contribution in [2.75, 3.05) is 0 Å². The maximum atomic E-state index is 13.9. The van der Waals surface area contributed by atoms with Crippen molar-refractivity contribution in [3.63, 3.8) is 0 Å². The predicted octanol–water partition coefficient (Wildman–Crippen LogP) is 3.89. The van der Waals surface area contributed by atoms with E-state index >= 15 is 0 Å². The molecule has 2 saturated carbocycles. The Kier molecular flexibility index (Phi) is 5.93. The van der Waals surface area contributed by atoms with E-state index in [1.807, 2.05) is 13.0 Å². The largest absolute Gasteiger partial charge is 0.459 e. The summed E-state index contributed by atoms with van der Waals surface area (Å²) in [5, 5.41) is 8.76. The number of allylic oxidation sites excluding steroid dienone is 1. The molecule has 6 atom stereocenters. The Bertz CT molecular complexity index is 460. The van der Waals surface area contributed by atoms with Crippen LogP contribution >= 0.6 is 0 Å². The first kappa shape index (κ1) is 16.9. The van der Waals surface area contributed by atoms with Crippen molar-refractivity contribution in [2.24, 2.45) is 17.8 Å². The highest BCUT2D eigenvalue weighted by Gasteiger charge is 2.32. The quantitative estimate of drug-likeness (QED) is 0.587. The molecule has 0 aromatic heterocycles. The van der Waals surface area contributed by atoms with E-state index < -0.39 is 30.3 Å². The normalized spacial score (nSPS) is 39.4. The van der Waals surface area contributed by atoms with Gasteiger partial charge in [0.05, 0.1) is 12.0 Å². The third kappa shape index (κ3) is 4.53. The van der Waals surface area contributed by atoms with Gasteiger partial charge in [-0.05, 0) is 38.0 Å². The molecule has 0 amide bonds. The highest BCUT2D eigenvalue weighted by atomic mass is 19.1. The number of ether oxygens (including phenoxy) is 1. The lowest BCUT2D eigenvalue weighted by molar-refractivity contribution is -0.145. The Labute approximate surface area is 130 Å². The number of nitrogens with zero attached hydrogens (tertiary/aromatic N) is 1. The summed E-state index contributed by atoms with van der Waals surface area (Å²) in [6, 6.07) is 1.93. The molecule has 2 fully saturated rings. The molecule has 0 aromatic carbocycles. The minimum absolute atomic E-state index is 0.0739. The molecule has 0 N–H and O–H groups in total. The van der Waals surface area contributed by atoms with Gasteiger partial charge < -0.3 is 4.74 Å². The molecule has 6 unspecified atom stereocenters. The van der Waals surface area contributed by atoms with Crippen LogP contribution in [0.25, 0.3) is 0 Å². The molecule has 0 spiro atoms. The van der Waals surface area contributed by atoms with E-state index in [4.69, 9.17) is 10.00 Å². The first-order chi connectivity index (χ1) is 10.5. The molecule has 0 aromatic rings. The summed E-state index contributed by atoms with van der Waals surface area (Å²) in [7, 11) is 0. The molecule has 22 heavy (non-hydrogen) atoms. The SMILES string of the molecule is CC1CCC(C=CC(=O)OC2CCC(C#N)C(F)C2)C(F)C1. The van der Waals surface area contributed by atoms with Crippen molar-refractivity contribution >= 4 is 5.97 Å². The van der Waals surface area contributed by atoms with E-state index in [1.54, 1.807) is 6.08 Å². The van der Waals surface area contributed by atoms with Gasteiger partial charge in [-0.25, -0.2) is 13.6 Å². The fraction of sp³-hybridized carbons (Fsp3) is 0.765. The van der Waals surface area contributed by atoms with Crippen molar-refractivity contribution in [3.8, 4) is 6.07 Å². The predicted molar refractivity (Wildman–Crippen MR) is 78.3 cm³/mol. The Morgan fingerprint density at radius 3 is 2.59 bits per heavy atom. The third-order valence-corrected chi connectivity index (χ3v) is 4.74. The molecule has 0 bridgehead atoms. The van der Waals surface area contributed by atoms with E-state index in [-0.39, 0.29) is 12.3 Å². The molecular formula is C17H23F2NO2. The first-order valence-corrected chi connectivity index (χ1v) is 8.06.